The number of rotatable bonds is 26. The van der Waals surface area contributed by atoms with Crippen molar-refractivity contribution in [3.8, 4) is 23.0 Å². The Morgan fingerprint density at radius 1 is 0.679 bits per heavy atom. The highest BCUT2D eigenvalue weighted by atomic mass is 32.2. The largest absolute Gasteiger partial charge is 0.454 e. The van der Waals surface area contributed by atoms with E-state index in [1.165, 1.54) is 27.6 Å². The molecule has 0 spiro atoms. The number of hydrogen-bond donors (Lipinski definition) is 3. The number of sulfonamides is 2. The fourth-order valence-corrected chi connectivity index (χ4v) is 14.0. The van der Waals surface area contributed by atoms with Crippen molar-refractivity contribution in [1.82, 2.24) is 18.8 Å². The minimum Gasteiger partial charge on any atom is -0.454 e. The highest BCUT2D eigenvalue weighted by Crippen LogP contribution is 2.38. The number of nitrogens with one attached hydrogen (secondary N) is 1. The summed E-state index contributed by atoms with van der Waals surface area (Å²) in [6.45, 7) is 16.8. The van der Waals surface area contributed by atoms with Crippen LogP contribution in [-0.4, -0.2) is 132 Å². The van der Waals surface area contributed by atoms with Crippen LogP contribution in [0.2, 0.25) is 0 Å². The van der Waals surface area contributed by atoms with E-state index in [0.717, 1.165) is 38.0 Å². The Hall–Kier alpha value is -5.81. The molecular weight excluding hydrogens is 1070 g/mol. The van der Waals surface area contributed by atoms with Crippen molar-refractivity contribution in [2.45, 2.75) is 115 Å². The smallest absolute Gasteiger partial charge is 0.407 e. The van der Waals surface area contributed by atoms with Crippen LogP contribution in [0.3, 0.4) is 0 Å². The van der Waals surface area contributed by atoms with Crippen LogP contribution in [0.1, 0.15) is 77.5 Å². The third-order valence-electron chi connectivity index (χ3n) is 14.9. The van der Waals surface area contributed by atoms with E-state index in [9.17, 15) is 26.7 Å². The number of benzene rings is 5. The second kappa shape index (κ2) is 27.5. The van der Waals surface area contributed by atoms with E-state index in [0.29, 0.717) is 55.7 Å². The molecule has 4 aliphatic rings. The van der Waals surface area contributed by atoms with Crippen LogP contribution < -0.4 is 30.0 Å². The molecule has 20 heteroatoms. The van der Waals surface area contributed by atoms with Gasteiger partial charge in [0.15, 0.2) is 29.3 Å². The number of aliphatic hydroxyl groups excluding tert-OH is 1. The van der Waals surface area contributed by atoms with E-state index in [1.807, 2.05) is 56.3 Å². The molecule has 5 atom stereocenters. The van der Waals surface area contributed by atoms with Crippen molar-refractivity contribution < 1.29 is 59.9 Å². The van der Waals surface area contributed by atoms with Gasteiger partial charge in [-0.2, -0.15) is 8.61 Å². The fourth-order valence-electron chi connectivity index (χ4n) is 10.5. The molecule has 18 nitrogen and oxygen atoms in total. The standard InChI is InChI=1S/C31H40N2O4S.C30H41N3O9S/c1-25(2)20-33(38(34,35)28-15-16-29-30(19-28)37-24-36-29)23-31(3,4)17-18-32(21-26-11-7-5-8-12-26)22-27-13-9-6-10-14-27;1-30(2,11-12-31)18-33(43(36,37)21-8-9-25-26(15-21)41-19-40-25)16-24(34)23(14-20-6-4-3-5-7-20)32-29(35)42-27-17-39-28-22(27)10-13-38-28/h5-16,19,25H,17-18,20-24H2,1-4H3;3-9,15,22-24,27-28,34H,10-14,16-19,31H2,1-2H3,(H,32,35)/t;22-,23-,24+,27-,28+/m.0/s1. The zero-order valence-electron chi connectivity index (χ0n) is 47.5. The van der Waals surface area contributed by atoms with Crippen molar-refractivity contribution >= 4 is 26.1 Å². The topological polar surface area (TPSA) is 218 Å². The molecule has 4 heterocycles. The van der Waals surface area contributed by atoms with E-state index in [2.05, 4.69) is 86.4 Å². The Bertz CT molecular complexity index is 3000. The maximum atomic E-state index is 14.0. The number of nitrogens with two attached hydrogens (primary N) is 1. The number of carbonyl (C=O) groups is 1. The fraction of sp³-hybridized carbons (Fsp3) is 0.492. The van der Waals surface area contributed by atoms with E-state index < -0.39 is 49.8 Å². The van der Waals surface area contributed by atoms with Gasteiger partial charge >= 0.3 is 6.09 Å². The van der Waals surface area contributed by atoms with Crippen LogP contribution in [0, 0.1) is 22.7 Å². The Morgan fingerprint density at radius 3 is 1.69 bits per heavy atom. The van der Waals surface area contributed by atoms with Gasteiger partial charge in [-0.3, -0.25) is 4.90 Å². The molecule has 81 heavy (non-hydrogen) atoms. The molecule has 0 aromatic heterocycles. The van der Waals surface area contributed by atoms with Crippen molar-refractivity contribution in [3.05, 3.63) is 144 Å². The van der Waals surface area contributed by atoms with Crippen LogP contribution in [0.25, 0.3) is 0 Å². The summed E-state index contributed by atoms with van der Waals surface area (Å²) in [6, 6.07) is 38.8. The number of ether oxygens (including phenoxy) is 7. The van der Waals surface area contributed by atoms with Gasteiger partial charge in [-0.05, 0) is 96.5 Å². The van der Waals surface area contributed by atoms with Gasteiger partial charge in [0.1, 0.15) is 6.10 Å². The molecule has 9 rings (SSSR count). The molecule has 5 aromatic carbocycles. The van der Waals surface area contributed by atoms with Crippen molar-refractivity contribution in [1.29, 1.82) is 0 Å². The third-order valence-corrected chi connectivity index (χ3v) is 18.5. The number of aliphatic hydroxyl groups is 1. The van der Waals surface area contributed by atoms with Gasteiger partial charge in [0.05, 0.1) is 41.1 Å². The van der Waals surface area contributed by atoms with Crippen LogP contribution in [0.15, 0.2) is 137 Å². The van der Waals surface area contributed by atoms with Gasteiger partial charge in [0, 0.05) is 51.4 Å². The summed E-state index contributed by atoms with van der Waals surface area (Å²) in [5, 5.41) is 14.4. The van der Waals surface area contributed by atoms with Gasteiger partial charge in [-0.25, -0.2) is 21.6 Å². The van der Waals surface area contributed by atoms with Crippen LogP contribution in [0.4, 0.5) is 4.79 Å². The predicted octanol–water partition coefficient (Wildman–Crippen LogP) is 8.42. The Balaban J connectivity index is 0.000000214. The first-order valence-electron chi connectivity index (χ1n) is 27.9. The first kappa shape index (κ1) is 61.3. The minimum absolute atomic E-state index is 0.00838. The van der Waals surface area contributed by atoms with Gasteiger partial charge in [0.25, 0.3) is 0 Å². The Labute approximate surface area is 478 Å². The SMILES string of the molecule is CC(C)(CCN)CN(C[C@@H](O)[C@H](Cc1ccccc1)NC(=O)O[C@H]1CO[C@H]2OCC[C@H]21)S(=O)(=O)c1ccc2c(c1)OCO2.CC(C)CN(CC(C)(C)CCN(Cc1ccccc1)Cc1ccccc1)S(=O)(=O)c1ccc2c(c1)OCO2. The zero-order chi connectivity index (χ0) is 57.8. The Morgan fingerprint density at radius 2 is 1.17 bits per heavy atom. The number of alkyl carbamates (subject to hydrolysis) is 1. The van der Waals surface area contributed by atoms with Crippen molar-refractivity contribution in [2.24, 2.45) is 28.4 Å². The number of amides is 1. The lowest BCUT2D eigenvalue weighted by Gasteiger charge is -2.35. The molecule has 0 unspecified atom stereocenters. The van der Waals surface area contributed by atoms with Gasteiger partial charge < -0.3 is 49.3 Å². The lowest BCUT2D eigenvalue weighted by atomic mass is 9.88. The third kappa shape index (κ3) is 16.9. The van der Waals surface area contributed by atoms with E-state index in [4.69, 9.17) is 38.9 Å². The molecule has 5 aromatic rings. The molecule has 4 N–H and O–H groups in total. The second-order valence-corrected chi connectivity index (χ2v) is 27.2. The molecule has 1 amide bonds. The number of hydrogen-bond acceptors (Lipinski definition) is 15. The number of carbonyl (C=O) groups excluding carboxylic acids is 1. The van der Waals surface area contributed by atoms with Crippen molar-refractivity contribution in [2.75, 3.05) is 66.1 Å². The highest BCUT2D eigenvalue weighted by Gasteiger charge is 2.44. The van der Waals surface area contributed by atoms with Gasteiger partial charge in [-0.15, -0.1) is 0 Å². The summed E-state index contributed by atoms with van der Waals surface area (Å²) < 4.78 is 96.9. The molecule has 0 aliphatic carbocycles. The number of fused-ring (bicyclic) bond motifs is 3. The molecule has 0 bridgehead atoms. The second-order valence-electron chi connectivity index (χ2n) is 23.3. The van der Waals surface area contributed by atoms with Crippen LogP contribution in [0.5, 0.6) is 23.0 Å². The molecule has 4 aliphatic heterocycles. The first-order valence-corrected chi connectivity index (χ1v) is 30.8. The monoisotopic (exact) mass is 1160 g/mol. The number of nitrogens with zero attached hydrogens (tertiary/aromatic N) is 3. The van der Waals surface area contributed by atoms with Gasteiger partial charge in [-0.1, -0.05) is 133 Å². The zero-order valence-corrected chi connectivity index (χ0v) is 49.1. The summed E-state index contributed by atoms with van der Waals surface area (Å²) in [7, 11) is -7.81. The predicted molar refractivity (Wildman–Crippen MR) is 307 cm³/mol. The molecule has 2 fully saturated rings. The average Bonchev–Trinajstić information content (AvgIpc) is 4.43. The molecule has 2 saturated heterocycles. The molecule has 0 radical (unpaired) electrons. The molecular formula is C61H81N5O13S2. The summed E-state index contributed by atoms with van der Waals surface area (Å²) in [5.74, 6) is 2.00. The highest BCUT2D eigenvalue weighted by molar-refractivity contribution is 7.89. The van der Waals surface area contributed by atoms with E-state index in [-0.39, 0.29) is 73.0 Å². The molecule has 0 saturated carbocycles. The van der Waals surface area contributed by atoms with E-state index in [1.54, 1.807) is 28.6 Å². The summed E-state index contributed by atoms with van der Waals surface area (Å²) in [5.41, 5.74) is 8.50. The minimum atomic E-state index is -4.11. The van der Waals surface area contributed by atoms with E-state index >= 15 is 0 Å². The lowest BCUT2D eigenvalue weighted by molar-refractivity contribution is -0.0907. The van der Waals surface area contributed by atoms with Crippen molar-refractivity contribution in [3.63, 3.8) is 0 Å². The van der Waals surface area contributed by atoms with Crippen LogP contribution in [-0.2, 0) is 53.8 Å². The summed E-state index contributed by atoms with van der Waals surface area (Å²) >= 11 is 0. The quantitative estimate of drug-likeness (QED) is 0.0473. The maximum absolute atomic E-state index is 14.0. The lowest BCUT2D eigenvalue weighted by Crippen LogP contribution is -2.52. The average molecular weight is 1160 g/mol. The first-order chi connectivity index (χ1) is 38.7. The van der Waals surface area contributed by atoms with Crippen LogP contribution >= 0.6 is 0 Å². The maximum Gasteiger partial charge on any atom is 0.407 e. The summed E-state index contributed by atoms with van der Waals surface area (Å²) in [6.07, 6.45) is -0.456. The van der Waals surface area contributed by atoms with Gasteiger partial charge in [0.2, 0.25) is 33.6 Å². The normalized spacial score (nSPS) is 18.4. The molecule has 440 valence electrons. The Kier molecular flexibility index (Phi) is 20.8. The summed E-state index contributed by atoms with van der Waals surface area (Å²) in [4.78, 5) is 15.8.